The Hall–Kier alpha value is -2.40. The largest absolute Gasteiger partial charge is 0.346 e. The van der Waals surface area contributed by atoms with Gasteiger partial charge in [0.25, 0.3) is 0 Å². The topological polar surface area (TPSA) is 62.3 Å². The SMILES string of the molecule is CP(C)c1ncccc1-c1ccc(N2CC(C)(C)C(NC=O)C2=O)c(F)c1F. The molecule has 3 rings (SSSR count). The van der Waals surface area contributed by atoms with Crippen LogP contribution in [-0.2, 0) is 9.59 Å². The van der Waals surface area contributed by atoms with Crippen LogP contribution in [-0.4, -0.2) is 43.2 Å². The van der Waals surface area contributed by atoms with Crippen LogP contribution in [0.3, 0.4) is 0 Å². The second-order valence-electron chi connectivity index (χ2n) is 7.66. The van der Waals surface area contributed by atoms with Crippen LogP contribution >= 0.6 is 7.92 Å². The van der Waals surface area contributed by atoms with Gasteiger partial charge in [-0.2, -0.15) is 0 Å². The van der Waals surface area contributed by atoms with Crippen molar-refractivity contribution in [2.75, 3.05) is 24.8 Å². The fraction of sp³-hybridized carbons (Fsp3) is 0.350. The van der Waals surface area contributed by atoms with Crippen molar-refractivity contribution in [3.8, 4) is 11.1 Å². The highest BCUT2D eigenvalue weighted by atomic mass is 31.1. The number of rotatable bonds is 5. The lowest BCUT2D eigenvalue weighted by Gasteiger charge is -2.22. The molecule has 1 fully saturated rings. The van der Waals surface area contributed by atoms with E-state index in [2.05, 4.69) is 10.3 Å². The van der Waals surface area contributed by atoms with Gasteiger partial charge in [-0.1, -0.05) is 27.8 Å². The monoisotopic (exact) mass is 405 g/mol. The maximum Gasteiger partial charge on any atom is 0.250 e. The predicted molar refractivity (Wildman–Crippen MR) is 107 cm³/mol. The highest BCUT2D eigenvalue weighted by Crippen LogP contribution is 2.38. The first-order valence-electron chi connectivity index (χ1n) is 8.81. The smallest absolute Gasteiger partial charge is 0.250 e. The van der Waals surface area contributed by atoms with Gasteiger partial charge in [-0.15, -0.1) is 0 Å². The molecule has 0 radical (unpaired) electrons. The molecule has 1 aromatic carbocycles. The second kappa shape index (κ2) is 7.55. The molecule has 1 aliphatic rings. The summed E-state index contributed by atoms with van der Waals surface area (Å²) in [6.45, 7) is 7.74. The van der Waals surface area contributed by atoms with E-state index in [1.54, 1.807) is 32.2 Å². The van der Waals surface area contributed by atoms with Crippen LogP contribution in [0.15, 0.2) is 30.5 Å². The molecule has 0 bridgehead atoms. The van der Waals surface area contributed by atoms with Crippen LogP contribution in [0.1, 0.15) is 13.8 Å². The van der Waals surface area contributed by atoms with Crippen LogP contribution in [0, 0.1) is 17.0 Å². The number of benzene rings is 1. The van der Waals surface area contributed by atoms with Gasteiger partial charge in [-0.25, -0.2) is 8.78 Å². The Balaban J connectivity index is 2.05. The molecule has 2 amide bonds. The van der Waals surface area contributed by atoms with Crippen molar-refractivity contribution in [2.24, 2.45) is 5.41 Å². The number of carbonyl (C=O) groups is 2. The summed E-state index contributed by atoms with van der Waals surface area (Å²) < 4.78 is 30.0. The fourth-order valence-corrected chi connectivity index (χ4v) is 4.53. The summed E-state index contributed by atoms with van der Waals surface area (Å²) in [6.07, 6.45) is 2.08. The minimum Gasteiger partial charge on any atom is -0.346 e. The number of pyridine rings is 1. The number of carbonyl (C=O) groups excluding carboxylic acids is 2. The number of halogens is 2. The van der Waals surface area contributed by atoms with Gasteiger partial charge in [0.05, 0.1) is 11.1 Å². The van der Waals surface area contributed by atoms with Crippen molar-refractivity contribution in [1.29, 1.82) is 0 Å². The molecule has 148 valence electrons. The minimum absolute atomic E-state index is 0.119. The predicted octanol–water partition coefficient (Wildman–Crippen LogP) is 2.88. The summed E-state index contributed by atoms with van der Waals surface area (Å²) in [7, 11) is -0.615. The molecule has 0 saturated carbocycles. The molecule has 1 aromatic heterocycles. The minimum atomic E-state index is -1.08. The van der Waals surface area contributed by atoms with E-state index in [-0.39, 0.29) is 17.8 Å². The third kappa shape index (κ3) is 3.39. The van der Waals surface area contributed by atoms with Gasteiger partial charge in [0, 0.05) is 29.3 Å². The van der Waals surface area contributed by atoms with E-state index < -0.39 is 36.9 Å². The van der Waals surface area contributed by atoms with Crippen molar-refractivity contribution in [3.05, 3.63) is 42.1 Å². The number of amides is 2. The summed E-state index contributed by atoms with van der Waals surface area (Å²) in [5, 5.41) is 2.48. The number of aromatic nitrogens is 1. The normalized spacial score (nSPS) is 18.6. The molecule has 2 heterocycles. The Morgan fingerprint density at radius 3 is 2.57 bits per heavy atom. The molecule has 1 atom stereocenters. The molecule has 1 unspecified atom stereocenters. The third-order valence-corrected chi connectivity index (χ3v) is 6.15. The standard InChI is InChI=1S/C20H22F2N3O2P/c1-20(2)10-25(19(27)17(20)24-11-26)14-8-7-12(15(21)16(14)22)13-6-5-9-23-18(13)28(3)4/h5-9,11,17H,10H2,1-4H3,(H,24,26). The van der Waals surface area contributed by atoms with E-state index in [1.807, 2.05) is 13.3 Å². The summed E-state index contributed by atoms with van der Waals surface area (Å²) in [5.74, 6) is -2.56. The molecule has 0 spiro atoms. The molecule has 1 aliphatic heterocycles. The van der Waals surface area contributed by atoms with E-state index in [0.717, 1.165) is 5.44 Å². The van der Waals surface area contributed by atoms with E-state index in [1.165, 1.54) is 17.0 Å². The summed E-state index contributed by atoms with van der Waals surface area (Å²) in [5.41, 5.74) is 0.660. The van der Waals surface area contributed by atoms with Gasteiger partial charge in [-0.3, -0.25) is 14.6 Å². The molecular weight excluding hydrogens is 383 g/mol. The average molecular weight is 405 g/mol. The quantitative estimate of drug-likeness (QED) is 0.615. The lowest BCUT2D eigenvalue weighted by molar-refractivity contribution is -0.122. The van der Waals surface area contributed by atoms with Gasteiger partial charge in [0.2, 0.25) is 12.3 Å². The number of hydrogen-bond acceptors (Lipinski definition) is 3. The molecule has 1 saturated heterocycles. The van der Waals surface area contributed by atoms with Crippen molar-refractivity contribution in [1.82, 2.24) is 10.3 Å². The van der Waals surface area contributed by atoms with Gasteiger partial charge in [-0.05, 0) is 31.5 Å². The van der Waals surface area contributed by atoms with Crippen LogP contribution in [0.5, 0.6) is 0 Å². The van der Waals surface area contributed by atoms with Gasteiger partial charge in [0.1, 0.15) is 6.04 Å². The molecule has 1 N–H and O–H groups in total. The van der Waals surface area contributed by atoms with Crippen molar-refractivity contribution in [3.63, 3.8) is 0 Å². The Morgan fingerprint density at radius 2 is 1.93 bits per heavy atom. The first-order chi connectivity index (χ1) is 13.2. The van der Waals surface area contributed by atoms with Crippen LogP contribution in [0.25, 0.3) is 11.1 Å². The number of nitrogens with zero attached hydrogens (tertiary/aromatic N) is 2. The zero-order valence-electron chi connectivity index (χ0n) is 16.2. The average Bonchev–Trinajstić information content (AvgIpc) is 2.87. The Bertz CT molecular complexity index is 934. The number of hydrogen-bond donors (Lipinski definition) is 1. The molecule has 5 nitrogen and oxygen atoms in total. The molecule has 2 aromatic rings. The summed E-state index contributed by atoms with van der Waals surface area (Å²) in [4.78, 5) is 29.0. The van der Waals surface area contributed by atoms with Crippen molar-refractivity contribution < 1.29 is 18.4 Å². The van der Waals surface area contributed by atoms with Gasteiger partial charge < -0.3 is 10.2 Å². The first kappa shape index (κ1) is 20.3. The van der Waals surface area contributed by atoms with Crippen molar-refractivity contribution >= 4 is 31.4 Å². The Labute approximate surface area is 163 Å². The maximum atomic E-state index is 15.0. The maximum absolute atomic E-state index is 15.0. The highest BCUT2D eigenvalue weighted by molar-refractivity contribution is 7.64. The van der Waals surface area contributed by atoms with E-state index >= 15 is 4.39 Å². The zero-order valence-corrected chi connectivity index (χ0v) is 17.1. The van der Waals surface area contributed by atoms with Crippen LogP contribution in [0.4, 0.5) is 14.5 Å². The lowest BCUT2D eigenvalue weighted by atomic mass is 9.88. The second-order valence-corrected chi connectivity index (χ2v) is 9.87. The van der Waals surface area contributed by atoms with Gasteiger partial charge >= 0.3 is 0 Å². The first-order valence-corrected chi connectivity index (χ1v) is 11.0. The van der Waals surface area contributed by atoms with Crippen LogP contribution < -0.4 is 15.7 Å². The lowest BCUT2D eigenvalue weighted by Crippen LogP contribution is -2.43. The number of anilines is 1. The Morgan fingerprint density at radius 1 is 1.21 bits per heavy atom. The fourth-order valence-electron chi connectivity index (χ4n) is 3.55. The Kier molecular flexibility index (Phi) is 5.48. The zero-order chi connectivity index (χ0) is 20.6. The molecule has 0 aliphatic carbocycles. The summed E-state index contributed by atoms with van der Waals surface area (Å²) in [6, 6.07) is 5.51. The van der Waals surface area contributed by atoms with E-state index in [9.17, 15) is 14.0 Å². The number of nitrogens with one attached hydrogen (secondary N) is 1. The third-order valence-electron chi connectivity index (χ3n) is 4.95. The summed E-state index contributed by atoms with van der Waals surface area (Å²) >= 11 is 0. The van der Waals surface area contributed by atoms with E-state index in [4.69, 9.17) is 0 Å². The highest BCUT2D eigenvalue weighted by Gasteiger charge is 2.47. The van der Waals surface area contributed by atoms with Gasteiger partial charge in [0.15, 0.2) is 11.6 Å². The molecular formula is C20H22F2N3O2P. The van der Waals surface area contributed by atoms with Crippen LogP contribution in [0.2, 0.25) is 0 Å². The molecule has 28 heavy (non-hydrogen) atoms. The van der Waals surface area contributed by atoms with E-state index in [0.29, 0.717) is 12.0 Å². The molecule has 8 heteroatoms. The van der Waals surface area contributed by atoms with Crippen molar-refractivity contribution in [2.45, 2.75) is 19.9 Å².